The highest BCUT2D eigenvalue weighted by Crippen LogP contribution is 2.37. The molecule has 0 atom stereocenters. The third-order valence-electron chi connectivity index (χ3n) is 5.92. The van der Waals surface area contributed by atoms with Crippen molar-refractivity contribution in [2.24, 2.45) is 0 Å². The number of H-pyrrole nitrogens is 1. The molecule has 0 amide bonds. The Morgan fingerprint density at radius 3 is 2.52 bits per heavy atom. The first-order valence-corrected chi connectivity index (χ1v) is 9.55. The fourth-order valence-electron chi connectivity index (χ4n) is 4.09. The Morgan fingerprint density at radius 2 is 1.83 bits per heavy atom. The molecule has 2 N–H and O–H groups in total. The molecule has 2 heterocycles. The number of aryl methyl sites for hydroxylation is 1. The first-order chi connectivity index (χ1) is 13.7. The second-order valence-electron chi connectivity index (χ2n) is 7.80. The highest BCUT2D eigenvalue weighted by Gasteiger charge is 2.37. The summed E-state index contributed by atoms with van der Waals surface area (Å²) in [5.74, 6) is -0.282. The van der Waals surface area contributed by atoms with Crippen molar-refractivity contribution in [2.75, 3.05) is 13.1 Å². The minimum absolute atomic E-state index is 0.282. The van der Waals surface area contributed by atoms with Crippen molar-refractivity contribution in [3.63, 3.8) is 0 Å². The van der Waals surface area contributed by atoms with E-state index < -0.39 is 17.3 Å². The van der Waals surface area contributed by atoms with Crippen LogP contribution in [-0.2, 0) is 18.3 Å². The van der Waals surface area contributed by atoms with Crippen LogP contribution in [0.25, 0.3) is 10.9 Å². The molecule has 0 bridgehead atoms. The Labute approximate surface area is 166 Å². The molecule has 29 heavy (non-hydrogen) atoms. The van der Waals surface area contributed by atoms with Crippen molar-refractivity contribution in [3.8, 4) is 0 Å². The fourth-order valence-corrected chi connectivity index (χ4v) is 4.09. The molecule has 0 aliphatic carbocycles. The van der Waals surface area contributed by atoms with Gasteiger partial charge in [-0.3, -0.25) is 4.90 Å². The number of fused-ring (bicyclic) bond motifs is 1. The van der Waals surface area contributed by atoms with E-state index in [1.807, 2.05) is 6.92 Å². The molecular formula is C22H22F4N2O. The van der Waals surface area contributed by atoms with Gasteiger partial charge in [-0.05, 0) is 61.2 Å². The van der Waals surface area contributed by atoms with Crippen LogP contribution < -0.4 is 0 Å². The molecule has 3 aromatic rings. The summed E-state index contributed by atoms with van der Waals surface area (Å²) in [5.41, 5.74) is 1.14. The average molecular weight is 406 g/mol. The predicted octanol–water partition coefficient (Wildman–Crippen LogP) is 5.12. The number of aromatic amines is 1. The summed E-state index contributed by atoms with van der Waals surface area (Å²) in [6.45, 7) is 3.66. The number of benzene rings is 2. The molecule has 1 fully saturated rings. The van der Waals surface area contributed by atoms with Crippen molar-refractivity contribution < 1.29 is 22.7 Å². The van der Waals surface area contributed by atoms with Crippen LogP contribution in [0.1, 0.15) is 35.2 Å². The number of nitrogens with one attached hydrogen (secondary N) is 1. The van der Waals surface area contributed by atoms with Gasteiger partial charge in [0.25, 0.3) is 0 Å². The van der Waals surface area contributed by atoms with Gasteiger partial charge in [0.05, 0.1) is 11.2 Å². The monoisotopic (exact) mass is 406 g/mol. The number of hydrogen-bond donors (Lipinski definition) is 2. The molecule has 4 rings (SSSR count). The number of rotatable bonds is 3. The van der Waals surface area contributed by atoms with Gasteiger partial charge in [-0.1, -0.05) is 12.1 Å². The summed E-state index contributed by atoms with van der Waals surface area (Å²) >= 11 is 0. The zero-order chi connectivity index (χ0) is 20.8. The number of piperidine rings is 1. The van der Waals surface area contributed by atoms with E-state index in [4.69, 9.17) is 0 Å². The Bertz CT molecular complexity index is 1030. The van der Waals surface area contributed by atoms with Crippen LogP contribution >= 0.6 is 0 Å². The largest absolute Gasteiger partial charge is 0.416 e. The zero-order valence-electron chi connectivity index (χ0n) is 16.0. The molecular weight excluding hydrogens is 384 g/mol. The predicted molar refractivity (Wildman–Crippen MR) is 103 cm³/mol. The molecule has 0 radical (unpaired) electrons. The highest BCUT2D eigenvalue weighted by molar-refractivity contribution is 5.84. The van der Waals surface area contributed by atoms with Crippen molar-refractivity contribution >= 4 is 10.9 Å². The third-order valence-corrected chi connectivity index (χ3v) is 5.92. The van der Waals surface area contributed by atoms with E-state index in [-0.39, 0.29) is 5.82 Å². The van der Waals surface area contributed by atoms with Gasteiger partial charge in [-0.2, -0.15) is 13.2 Å². The summed E-state index contributed by atoms with van der Waals surface area (Å²) in [4.78, 5) is 5.47. The van der Waals surface area contributed by atoms with Gasteiger partial charge in [0.2, 0.25) is 0 Å². The number of hydrogen-bond acceptors (Lipinski definition) is 2. The standard InChI is InChI=1S/C22H22F4N2O/c1-14-18-12-17(23)5-6-19(18)27-20(14)13-28-9-7-21(29,8-10-28)15-3-2-4-16(11-15)22(24,25)26/h2-6,11-12,27,29H,7-10,13H2,1H3. The highest BCUT2D eigenvalue weighted by atomic mass is 19.4. The zero-order valence-corrected chi connectivity index (χ0v) is 16.0. The smallest absolute Gasteiger partial charge is 0.385 e. The van der Waals surface area contributed by atoms with Gasteiger partial charge in [0.15, 0.2) is 0 Å². The first kappa shape index (κ1) is 19.9. The van der Waals surface area contributed by atoms with E-state index in [1.165, 1.54) is 18.2 Å². The summed E-state index contributed by atoms with van der Waals surface area (Å²) < 4.78 is 52.5. The van der Waals surface area contributed by atoms with Crippen LogP contribution in [-0.4, -0.2) is 28.1 Å². The molecule has 0 saturated carbocycles. The molecule has 154 valence electrons. The summed E-state index contributed by atoms with van der Waals surface area (Å²) in [5, 5.41) is 11.8. The summed E-state index contributed by atoms with van der Waals surface area (Å²) in [7, 11) is 0. The van der Waals surface area contributed by atoms with E-state index in [0.29, 0.717) is 38.0 Å². The number of likely N-dealkylation sites (tertiary alicyclic amines) is 1. The van der Waals surface area contributed by atoms with E-state index >= 15 is 0 Å². The Morgan fingerprint density at radius 1 is 1.10 bits per heavy atom. The topological polar surface area (TPSA) is 39.3 Å². The summed E-state index contributed by atoms with van der Waals surface area (Å²) in [6, 6.07) is 9.60. The minimum atomic E-state index is -4.43. The second kappa shape index (κ2) is 7.15. The van der Waals surface area contributed by atoms with Crippen LogP contribution in [0.5, 0.6) is 0 Å². The van der Waals surface area contributed by atoms with Crippen LogP contribution in [0.2, 0.25) is 0 Å². The van der Waals surface area contributed by atoms with Crippen LogP contribution in [0.3, 0.4) is 0 Å². The molecule has 0 unspecified atom stereocenters. The maximum absolute atomic E-state index is 13.5. The van der Waals surface area contributed by atoms with Gasteiger partial charge >= 0.3 is 6.18 Å². The van der Waals surface area contributed by atoms with Crippen LogP contribution in [0.4, 0.5) is 17.6 Å². The van der Waals surface area contributed by atoms with E-state index in [9.17, 15) is 22.7 Å². The Hall–Kier alpha value is -2.38. The van der Waals surface area contributed by atoms with Crippen molar-refractivity contribution in [1.29, 1.82) is 0 Å². The van der Waals surface area contributed by atoms with Gasteiger partial charge in [-0.15, -0.1) is 0 Å². The number of aromatic nitrogens is 1. The lowest BCUT2D eigenvalue weighted by atomic mass is 9.83. The van der Waals surface area contributed by atoms with Gasteiger partial charge in [-0.25, -0.2) is 4.39 Å². The Kier molecular flexibility index (Phi) is 4.91. The quantitative estimate of drug-likeness (QED) is 0.593. The Balaban J connectivity index is 1.48. The first-order valence-electron chi connectivity index (χ1n) is 9.55. The van der Waals surface area contributed by atoms with E-state index in [0.717, 1.165) is 34.3 Å². The molecule has 1 aromatic heterocycles. The lowest BCUT2D eigenvalue weighted by molar-refractivity contribution is -0.137. The molecule has 7 heteroatoms. The SMILES string of the molecule is Cc1c(CN2CCC(O)(c3cccc(C(F)(F)F)c3)CC2)[nH]c2ccc(F)cc12. The molecule has 1 aliphatic rings. The van der Waals surface area contributed by atoms with E-state index in [1.54, 1.807) is 12.1 Å². The molecule has 2 aromatic carbocycles. The maximum atomic E-state index is 13.5. The third kappa shape index (κ3) is 3.89. The molecule has 3 nitrogen and oxygen atoms in total. The average Bonchev–Trinajstić information content (AvgIpc) is 2.98. The van der Waals surface area contributed by atoms with Crippen molar-refractivity contribution in [1.82, 2.24) is 9.88 Å². The van der Waals surface area contributed by atoms with Crippen molar-refractivity contribution in [2.45, 2.75) is 38.1 Å². The van der Waals surface area contributed by atoms with Crippen LogP contribution in [0.15, 0.2) is 42.5 Å². The molecule has 1 saturated heterocycles. The number of aliphatic hydroxyl groups is 1. The minimum Gasteiger partial charge on any atom is -0.385 e. The number of alkyl halides is 3. The molecule has 0 spiro atoms. The lowest BCUT2D eigenvalue weighted by Gasteiger charge is -2.38. The second-order valence-corrected chi connectivity index (χ2v) is 7.80. The van der Waals surface area contributed by atoms with E-state index in [2.05, 4.69) is 9.88 Å². The lowest BCUT2D eigenvalue weighted by Crippen LogP contribution is -2.42. The number of halogens is 4. The maximum Gasteiger partial charge on any atom is 0.416 e. The molecule has 1 aliphatic heterocycles. The van der Waals surface area contributed by atoms with Gasteiger partial charge in [0, 0.05) is 36.2 Å². The van der Waals surface area contributed by atoms with Gasteiger partial charge < -0.3 is 10.1 Å². The van der Waals surface area contributed by atoms with Crippen LogP contribution in [0, 0.1) is 12.7 Å². The van der Waals surface area contributed by atoms with Gasteiger partial charge in [0.1, 0.15) is 5.82 Å². The fraction of sp³-hybridized carbons (Fsp3) is 0.364. The number of nitrogens with zero attached hydrogens (tertiary/aromatic N) is 1. The normalized spacial score (nSPS) is 17.7. The summed E-state index contributed by atoms with van der Waals surface area (Å²) in [6.07, 6.45) is -3.73. The van der Waals surface area contributed by atoms with Crippen molar-refractivity contribution in [3.05, 3.63) is 70.7 Å².